The normalized spacial score (nSPS) is 10.5. The van der Waals surface area contributed by atoms with Gasteiger partial charge in [0.2, 0.25) is 0 Å². The highest BCUT2D eigenvalue weighted by atomic mass is 16.6. The topological polar surface area (TPSA) is 82.3 Å². The van der Waals surface area contributed by atoms with Crippen molar-refractivity contribution in [1.29, 1.82) is 0 Å². The molecule has 5 nitrogen and oxygen atoms in total. The summed E-state index contributed by atoms with van der Waals surface area (Å²) >= 11 is 0. The smallest absolute Gasteiger partial charge is 0.272 e. The molecule has 1 heterocycles. The van der Waals surface area contributed by atoms with E-state index in [1.165, 1.54) is 18.4 Å². The standard InChI is InChI=1S/C8H6N2O3/c9-7-4-6(10(11)12)3-5-1-2-13-8(5)7/h1-4H,9H2. The second-order valence-corrected chi connectivity index (χ2v) is 2.63. The van der Waals surface area contributed by atoms with E-state index in [0.717, 1.165) is 0 Å². The summed E-state index contributed by atoms with van der Waals surface area (Å²) in [4.78, 5) is 9.95. The maximum atomic E-state index is 10.4. The first-order valence-electron chi connectivity index (χ1n) is 3.59. The Kier molecular flexibility index (Phi) is 1.45. The van der Waals surface area contributed by atoms with Crippen molar-refractivity contribution in [3.05, 3.63) is 34.6 Å². The first-order valence-corrected chi connectivity index (χ1v) is 3.59. The molecule has 0 bridgehead atoms. The third-order valence-corrected chi connectivity index (χ3v) is 1.78. The lowest BCUT2D eigenvalue weighted by atomic mass is 10.2. The Bertz CT molecular complexity index is 475. The van der Waals surface area contributed by atoms with Crippen LogP contribution < -0.4 is 5.73 Å². The van der Waals surface area contributed by atoms with Crippen LogP contribution in [0.1, 0.15) is 0 Å². The molecule has 0 fully saturated rings. The van der Waals surface area contributed by atoms with Crippen LogP contribution in [0.2, 0.25) is 0 Å². The highest BCUT2D eigenvalue weighted by Gasteiger charge is 2.11. The van der Waals surface area contributed by atoms with E-state index in [-0.39, 0.29) is 11.4 Å². The molecule has 0 atom stereocenters. The molecule has 1 aromatic heterocycles. The average molecular weight is 178 g/mol. The van der Waals surface area contributed by atoms with Gasteiger partial charge in [0.05, 0.1) is 16.9 Å². The van der Waals surface area contributed by atoms with E-state index in [0.29, 0.717) is 11.0 Å². The van der Waals surface area contributed by atoms with Gasteiger partial charge >= 0.3 is 0 Å². The average Bonchev–Trinajstić information content (AvgIpc) is 2.51. The molecule has 0 radical (unpaired) electrons. The molecule has 13 heavy (non-hydrogen) atoms. The van der Waals surface area contributed by atoms with Crippen molar-refractivity contribution >= 4 is 22.3 Å². The number of rotatable bonds is 1. The molecule has 0 aliphatic heterocycles. The number of nitro benzene ring substituents is 1. The molecule has 0 saturated heterocycles. The molecule has 5 heteroatoms. The number of non-ortho nitro benzene ring substituents is 1. The predicted molar refractivity (Wildman–Crippen MR) is 47.3 cm³/mol. The number of fused-ring (bicyclic) bond motifs is 1. The molecule has 0 saturated carbocycles. The van der Waals surface area contributed by atoms with Crippen molar-refractivity contribution in [3.63, 3.8) is 0 Å². The van der Waals surface area contributed by atoms with Crippen LogP contribution in [0.25, 0.3) is 11.0 Å². The van der Waals surface area contributed by atoms with Crippen LogP contribution in [0.5, 0.6) is 0 Å². The van der Waals surface area contributed by atoms with E-state index in [4.69, 9.17) is 10.2 Å². The van der Waals surface area contributed by atoms with E-state index in [9.17, 15) is 10.1 Å². The van der Waals surface area contributed by atoms with Crippen molar-refractivity contribution in [2.24, 2.45) is 0 Å². The molecule has 66 valence electrons. The highest BCUT2D eigenvalue weighted by molar-refractivity contribution is 5.90. The zero-order valence-electron chi connectivity index (χ0n) is 6.56. The number of hydrogen-bond acceptors (Lipinski definition) is 4. The number of hydrogen-bond donors (Lipinski definition) is 1. The van der Waals surface area contributed by atoms with Gasteiger partial charge in [-0.3, -0.25) is 10.1 Å². The van der Waals surface area contributed by atoms with Gasteiger partial charge in [0.25, 0.3) is 5.69 Å². The number of nitrogens with zero attached hydrogens (tertiary/aromatic N) is 1. The van der Waals surface area contributed by atoms with Crippen molar-refractivity contribution < 1.29 is 9.34 Å². The largest absolute Gasteiger partial charge is 0.462 e. The number of nitro groups is 1. The van der Waals surface area contributed by atoms with Crippen LogP contribution >= 0.6 is 0 Å². The fourth-order valence-corrected chi connectivity index (χ4v) is 1.20. The summed E-state index contributed by atoms with van der Waals surface area (Å²) in [7, 11) is 0. The van der Waals surface area contributed by atoms with Crippen molar-refractivity contribution in [2.45, 2.75) is 0 Å². The second kappa shape index (κ2) is 2.48. The predicted octanol–water partition coefficient (Wildman–Crippen LogP) is 1.92. The minimum Gasteiger partial charge on any atom is -0.462 e. The summed E-state index contributed by atoms with van der Waals surface area (Å²) in [5.41, 5.74) is 6.30. The zero-order valence-corrected chi connectivity index (χ0v) is 6.56. The highest BCUT2D eigenvalue weighted by Crippen LogP contribution is 2.27. The molecular weight excluding hydrogens is 172 g/mol. The van der Waals surface area contributed by atoms with Crippen molar-refractivity contribution in [2.75, 3.05) is 5.73 Å². The van der Waals surface area contributed by atoms with E-state index < -0.39 is 4.92 Å². The first-order chi connectivity index (χ1) is 6.18. The number of benzene rings is 1. The third-order valence-electron chi connectivity index (χ3n) is 1.78. The lowest BCUT2D eigenvalue weighted by Gasteiger charge is -1.95. The minimum absolute atomic E-state index is 0.0219. The summed E-state index contributed by atoms with van der Waals surface area (Å²) < 4.78 is 5.04. The van der Waals surface area contributed by atoms with Crippen LogP contribution in [0.4, 0.5) is 11.4 Å². The van der Waals surface area contributed by atoms with Gasteiger partial charge in [-0.2, -0.15) is 0 Å². The molecule has 2 N–H and O–H groups in total. The maximum Gasteiger partial charge on any atom is 0.272 e. The van der Waals surface area contributed by atoms with Gasteiger partial charge in [0.15, 0.2) is 5.58 Å². The zero-order chi connectivity index (χ0) is 9.42. The van der Waals surface area contributed by atoms with Gasteiger partial charge in [0.1, 0.15) is 0 Å². The summed E-state index contributed by atoms with van der Waals surface area (Å²) in [6, 6.07) is 4.35. The minimum atomic E-state index is -0.483. The number of anilines is 1. The van der Waals surface area contributed by atoms with Crippen LogP contribution in [-0.4, -0.2) is 4.92 Å². The van der Waals surface area contributed by atoms with E-state index in [2.05, 4.69) is 0 Å². The fraction of sp³-hybridized carbons (Fsp3) is 0. The third kappa shape index (κ3) is 1.10. The Labute approximate surface area is 72.9 Å². The Morgan fingerprint density at radius 1 is 1.46 bits per heavy atom. The molecule has 0 aliphatic carbocycles. The monoisotopic (exact) mass is 178 g/mol. The number of nitrogen functional groups attached to an aromatic ring is 1. The molecule has 0 amide bonds. The molecule has 2 rings (SSSR count). The summed E-state index contributed by atoms with van der Waals surface area (Å²) in [6.07, 6.45) is 1.45. The molecule has 0 spiro atoms. The summed E-state index contributed by atoms with van der Waals surface area (Å²) in [5.74, 6) is 0. The van der Waals surface area contributed by atoms with Gasteiger partial charge < -0.3 is 10.2 Å². The van der Waals surface area contributed by atoms with Crippen LogP contribution in [0.3, 0.4) is 0 Å². The SMILES string of the molecule is Nc1cc([N+](=O)[O-])cc2ccoc12. The summed E-state index contributed by atoms with van der Waals surface area (Å²) in [5, 5.41) is 11.1. The van der Waals surface area contributed by atoms with Crippen molar-refractivity contribution in [3.8, 4) is 0 Å². The fourth-order valence-electron chi connectivity index (χ4n) is 1.20. The van der Waals surface area contributed by atoms with Crippen LogP contribution in [0.15, 0.2) is 28.9 Å². The summed E-state index contributed by atoms with van der Waals surface area (Å²) in [6.45, 7) is 0. The van der Waals surface area contributed by atoms with Crippen LogP contribution in [0, 0.1) is 10.1 Å². The van der Waals surface area contributed by atoms with Gasteiger partial charge in [-0.15, -0.1) is 0 Å². The second-order valence-electron chi connectivity index (χ2n) is 2.63. The Morgan fingerprint density at radius 2 is 2.23 bits per heavy atom. The van der Waals surface area contributed by atoms with Gasteiger partial charge in [-0.05, 0) is 6.07 Å². The van der Waals surface area contributed by atoms with Gasteiger partial charge in [-0.25, -0.2) is 0 Å². The number of furan rings is 1. The lowest BCUT2D eigenvalue weighted by molar-refractivity contribution is -0.384. The number of nitrogens with two attached hydrogens (primary N) is 1. The van der Waals surface area contributed by atoms with E-state index in [1.807, 2.05) is 0 Å². The van der Waals surface area contributed by atoms with E-state index in [1.54, 1.807) is 6.07 Å². The van der Waals surface area contributed by atoms with Crippen LogP contribution in [-0.2, 0) is 0 Å². The maximum absolute atomic E-state index is 10.4. The Morgan fingerprint density at radius 3 is 2.92 bits per heavy atom. The molecule has 0 aliphatic rings. The Hall–Kier alpha value is -2.04. The van der Waals surface area contributed by atoms with E-state index >= 15 is 0 Å². The molecule has 2 aromatic rings. The molecule has 1 aromatic carbocycles. The van der Waals surface area contributed by atoms with Crippen molar-refractivity contribution in [1.82, 2.24) is 0 Å². The van der Waals surface area contributed by atoms with Gasteiger partial charge in [0, 0.05) is 17.5 Å². The first kappa shape index (κ1) is 7.60. The quantitative estimate of drug-likeness (QED) is 0.410. The lowest BCUT2D eigenvalue weighted by Crippen LogP contribution is -1.91. The molecular formula is C8H6N2O3. The Balaban J connectivity index is 2.77. The van der Waals surface area contributed by atoms with Gasteiger partial charge in [-0.1, -0.05) is 0 Å². The molecule has 0 unspecified atom stereocenters.